The van der Waals surface area contributed by atoms with E-state index in [1.54, 1.807) is 6.07 Å². The largest absolute Gasteiger partial charge is 0.299 e. The number of fused-ring (bicyclic) bond motifs is 1. The Hall–Kier alpha value is -1.39. The topological polar surface area (TPSA) is 58.4 Å². The minimum absolute atomic E-state index is 0.220. The Labute approximate surface area is 126 Å². The lowest BCUT2D eigenvalue weighted by Crippen LogP contribution is -2.41. The summed E-state index contributed by atoms with van der Waals surface area (Å²) in [5.74, 6) is 6.84. The average molecular weight is 287 g/mol. The molecule has 2 fully saturated rings. The van der Waals surface area contributed by atoms with Gasteiger partial charge in [-0.05, 0) is 48.9 Å². The monoisotopic (exact) mass is 287 g/mol. The van der Waals surface area contributed by atoms with Gasteiger partial charge in [-0.15, -0.1) is 0 Å². The Balaban J connectivity index is 1.62. The molecule has 1 heterocycles. The molecule has 3 rings (SSSR count). The van der Waals surface area contributed by atoms with E-state index < -0.39 is 0 Å². The van der Waals surface area contributed by atoms with Crippen LogP contribution in [0.15, 0.2) is 24.3 Å². The van der Waals surface area contributed by atoms with Crippen LogP contribution in [-0.2, 0) is 6.54 Å². The maximum Gasteiger partial charge on any atom is 0.265 e. The maximum atomic E-state index is 11.6. The van der Waals surface area contributed by atoms with E-state index in [2.05, 4.69) is 16.4 Å². The molecule has 114 valence electrons. The van der Waals surface area contributed by atoms with Gasteiger partial charge in [0.15, 0.2) is 0 Å². The molecule has 0 spiro atoms. The summed E-state index contributed by atoms with van der Waals surface area (Å²) in [6.07, 6.45) is 7.01. The molecule has 4 heteroatoms. The van der Waals surface area contributed by atoms with Crippen LogP contribution in [0.4, 0.5) is 0 Å². The van der Waals surface area contributed by atoms with Crippen molar-refractivity contribution in [3.05, 3.63) is 35.4 Å². The van der Waals surface area contributed by atoms with Crippen LogP contribution >= 0.6 is 0 Å². The second-order valence-corrected chi connectivity index (χ2v) is 6.50. The SMILES string of the molecule is NNC(=O)c1cccc(CN2CCC3CCCCC3C2)c1. The predicted octanol–water partition coefficient (Wildman–Crippen LogP) is 2.30. The smallest absolute Gasteiger partial charge is 0.265 e. The van der Waals surface area contributed by atoms with Crippen molar-refractivity contribution < 1.29 is 4.79 Å². The first kappa shape index (κ1) is 14.5. The van der Waals surface area contributed by atoms with Crippen LogP contribution in [0.25, 0.3) is 0 Å². The van der Waals surface area contributed by atoms with Crippen molar-refractivity contribution in [3.63, 3.8) is 0 Å². The first-order chi connectivity index (χ1) is 10.3. The number of nitrogens with two attached hydrogens (primary N) is 1. The van der Waals surface area contributed by atoms with Gasteiger partial charge in [0.05, 0.1) is 0 Å². The first-order valence-electron chi connectivity index (χ1n) is 8.08. The van der Waals surface area contributed by atoms with E-state index in [0.717, 1.165) is 18.4 Å². The summed E-state index contributed by atoms with van der Waals surface area (Å²) >= 11 is 0. The van der Waals surface area contributed by atoms with E-state index in [9.17, 15) is 4.79 Å². The third-order valence-corrected chi connectivity index (χ3v) is 5.10. The summed E-state index contributed by atoms with van der Waals surface area (Å²) in [4.78, 5) is 14.1. The molecule has 0 radical (unpaired) electrons. The molecule has 1 saturated heterocycles. The number of amides is 1. The standard InChI is InChI=1S/C17H25N3O/c18-19-17(21)15-7-3-4-13(10-15)11-20-9-8-14-5-1-2-6-16(14)12-20/h3-4,7,10,14,16H,1-2,5-6,8-9,11-12,18H2,(H,19,21). The lowest BCUT2D eigenvalue weighted by Gasteiger charge is -2.41. The first-order valence-corrected chi connectivity index (χ1v) is 8.08. The lowest BCUT2D eigenvalue weighted by molar-refractivity contribution is 0.0820. The number of likely N-dealkylation sites (tertiary alicyclic amines) is 1. The molecule has 1 aliphatic carbocycles. The van der Waals surface area contributed by atoms with Crippen LogP contribution in [0.5, 0.6) is 0 Å². The van der Waals surface area contributed by atoms with Gasteiger partial charge >= 0.3 is 0 Å². The van der Waals surface area contributed by atoms with Crippen molar-refractivity contribution in [2.24, 2.45) is 17.7 Å². The van der Waals surface area contributed by atoms with Gasteiger partial charge in [-0.25, -0.2) is 5.84 Å². The van der Waals surface area contributed by atoms with Gasteiger partial charge in [-0.2, -0.15) is 0 Å². The number of piperidine rings is 1. The molecule has 21 heavy (non-hydrogen) atoms. The summed E-state index contributed by atoms with van der Waals surface area (Å²) in [7, 11) is 0. The number of nitrogens with zero attached hydrogens (tertiary/aromatic N) is 1. The predicted molar refractivity (Wildman–Crippen MR) is 83.4 cm³/mol. The van der Waals surface area contributed by atoms with Crippen molar-refractivity contribution in [1.29, 1.82) is 0 Å². The number of rotatable bonds is 3. The van der Waals surface area contributed by atoms with Crippen LogP contribution in [0.2, 0.25) is 0 Å². The van der Waals surface area contributed by atoms with E-state index in [1.165, 1.54) is 50.8 Å². The molecule has 1 saturated carbocycles. The summed E-state index contributed by atoms with van der Waals surface area (Å²) in [6, 6.07) is 7.79. The maximum absolute atomic E-state index is 11.6. The van der Waals surface area contributed by atoms with Crippen molar-refractivity contribution in [3.8, 4) is 0 Å². The summed E-state index contributed by atoms with van der Waals surface area (Å²) in [5.41, 5.74) is 4.04. The number of carbonyl (C=O) groups is 1. The minimum Gasteiger partial charge on any atom is -0.299 e. The molecular formula is C17H25N3O. The van der Waals surface area contributed by atoms with Gasteiger partial charge in [-0.3, -0.25) is 15.1 Å². The van der Waals surface area contributed by atoms with Crippen LogP contribution in [0, 0.1) is 11.8 Å². The zero-order chi connectivity index (χ0) is 14.7. The van der Waals surface area contributed by atoms with Crippen molar-refractivity contribution in [2.75, 3.05) is 13.1 Å². The molecule has 2 atom stereocenters. The molecule has 1 aliphatic heterocycles. The van der Waals surface area contributed by atoms with Crippen molar-refractivity contribution >= 4 is 5.91 Å². The molecule has 1 aromatic rings. The van der Waals surface area contributed by atoms with Crippen LogP contribution < -0.4 is 11.3 Å². The third-order valence-electron chi connectivity index (χ3n) is 5.10. The van der Waals surface area contributed by atoms with E-state index in [-0.39, 0.29) is 5.91 Å². The third kappa shape index (κ3) is 3.44. The molecule has 1 aromatic carbocycles. The van der Waals surface area contributed by atoms with E-state index in [0.29, 0.717) is 5.56 Å². The van der Waals surface area contributed by atoms with Crippen LogP contribution in [-0.4, -0.2) is 23.9 Å². The zero-order valence-corrected chi connectivity index (χ0v) is 12.6. The number of hydrogen-bond donors (Lipinski definition) is 2. The molecule has 0 aromatic heterocycles. The Morgan fingerprint density at radius 3 is 2.86 bits per heavy atom. The van der Waals surface area contributed by atoms with E-state index >= 15 is 0 Å². The number of carbonyl (C=O) groups excluding carboxylic acids is 1. The average Bonchev–Trinajstić information content (AvgIpc) is 2.54. The second kappa shape index (κ2) is 6.58. The zero-order valence-electron chi connectivity index (χ0n) is 12.6. The normalized spacial score (nSPS) is 26.1. The Morgan fingerprint density at radius 1 is 1.24 bits per heavy atom. The number of hydrogen-bond acceptors (Lipinski definition) is 3. The van der Waals surface area contributed by atoms with Gasteiger partial charge in [0.1, 0.15) is 0 Å². The highest BCUT2D eigenvalue weighted by atomic mass is 16.2. The fourth-order valence-corrected chi connectivity index (χ4v) is 3.97. The highest BCUT2D eigenvalue weighted by molar-refractivity contribution is 5.93. The number of benzene rings is 1. The van der Waals surface area contributed by atoms with E-state index in [4.69, 9.17) is 5.84 Å². The lowest BCUT2D eigenvalue weighted by atomic mass is 9.75. The fourth-order valence-electron chi connectivity index (χ4n) is 3.97. The van der Waals surface area contributed by atoms with Crippen LogP contribution in [0.3, 0.4) is 0 Å². The molecular weight excluding hydrogens is 262 g/mol. The molecule has 1 amide bonds. The summed E-state index contributed by atoms with van der Waals surface area (Å²) in [5, 5.41) is 0. The van der Waals surface area contributed by atoms with Gasteiger partial charge in [-0.1, -0.05) is 31.4 Å². The number of hydrazine groups is 1. The fraction of sp³-hybridized carbons (Fsp3) is 0.588. The molecule has 2 unspecified atom stereocenters. The number of nitrogen functional groups attached to an aromatic ring is 1. The Kier molecular flexibility index (Phi) is 4.56. The van der Waals surface area contributed by atoms with E-state index in [1.807, 2.05) is 12.1 Å². The van der Waals surface area contributed by atoms with Gasteiger partial charge in [0.2, 0.25) is 0 Å². The van der Waals surface area contributed by atoms with Crippen LogP contribution in [0.1, 0.15) is 48.0 Å². The Morgan fingerprint density at radius 2 is 2.05 bits per heavy atom. The minimum atomic E-state index is -0.220. The highest BCUT2D eigenvalue weighted by Gasteiger charge is 2.30. The Bertz CT molecular complexity index is 503. The highest BCUT2D eigenvalue weighted by Crippen LogP contribution is 2.36. The molecule has 4 nitrogen and oxygen atoms in total. The summed E-state index contributed by atoms with van der Waals surface area (Å²) < 4.78 is 0. The molecule has 2 aliphatic rings. The van der Waals surface area contributed by atoms with Gasteiger partial charge in [0.25, 0.3) is 5.91 Å². The number of nitrogens with one attached hydrogen (secondary N) is 1. The summed E-state index contributed by atoms with van der Waals surface area (Å²) in [6.45, 7) is 3.35. The van der Waals surface area contributed by atoms with Crippen molar-refractivity contribution in [2.45, 2.75) is 38.6 Å². The quantitative estimate of drug-likeness (QED) is 0.509. The van der Waals surface area contributed by atoms with Gasteiger partial charge < -0.3 is 0 Å². The second-order valence-electron chi connectivity index (χ2n) is 6.50. The molecule has 3 N–H and O–H groups in total. The molecule has 0 bridgehead atoms. The van der Waals surface area contributed by atoms with Crippen molar-refractivity contribution in [1.82, 2.24) is 10.3 Å². The van der Waals surface area contributed by atoms with Gasteiger partial charge in [0, 0.05) is 18.7 Å².